The number of carbonyl (C=O) groups excluding carboxylic acids is 1. The SMILES string of the molecule is Cc1cc(O)c(C(=O)CCCCC(C)C)c(=O)o1. The highest BCUT2D eigenvalue weighted by Gasteiger charge is 2.17. The largest absolute Gasteiger partial charge is 0.507 e. The molecule has 0 saturated carbocycles. The van der Waals surface area contributed by atoms with Crippen molar-refractivity contribution in [3.05, 3.63) is 27.8 Å². The average molecular weight is 252 g/mol. The molecule has 0 saturated heterocycles. The van der Waals surface area contributed by atoms with E-state index in [1.807, 2.05) is 0 Å². The third-order valence-corrected chi connectivity index (χ3v) is 2.77. The first-order valence-electron chi connectivity index (χ1n) is 6.28. The van der Waals surface area contributed by atoms with Crippen LogP contribution in [0.15, 0.2) is 15.3 Å². The zero-order chi connectivity index (χ0) is 13.7. The molecule has 0 spiro atoms. The van der Waals surface area contributed by atoms with Crippen LogP contribution in [0.3, 0.4) is 0 Å². The second kappa shape index (κ2) is 6.38. The molecule has 1 rings (SSSR count). The Hall–Kier alpha value is -1.58. The number of hydrogen-bond donors (Lipinski definition) is 1. The number of rotatable bonds is 6. The number of aromatic hydroxyl groups is 1. The maximum atomic E-state index is 11.8. The highest BCUT2D eigenvalue weighted by molar-refractivity contribution is 5.97. The monoisotopic (exact) mass is 252 g/mol. The van der Waals surface area contributed by atoms with Gasteiger partial charge in [0.1, 0.15) is 17.1 Å². The Morgan fingerprint density at radius 1 is 1.39 bits per heavy atom. The lowest BCUT2D eigenvalue weighted by molar-refractivity contribution is 0.0971. The van der Waals surface area contributed by atoms with Crippen LogP contribution >= 0.6 is 0 Å². The van der Waals surface area contributed by atoms with Crippen LogP contribution in [-0.4, -0.2) is 10.9 Å². The molecule has 1 aromatic heterocycles. The molecule has 1 N–H and O–H groups in total. The summed E-state index contributed by atoms with van der Waals surface area (Å²) in [5.74, 6) is 0.287. The molecule has 0 radical (unpaired) electrons. The second-order valence-electron chi connectivity index (χ2n) is 4.97. The summed E-state index contributed by atoms with van der Waals surface area (Å²) in [5.41, 5.74) is -0.966. The average Bonchev–Trinajstić information content (AvgIpc) is 2.22. The summed E-state index contributed by atoms with van der Waals surface area (Å²) in [7, 11) is 0. The zero-order valence-corrected chi connectivity index (χ0v) is 11.2. The van der Waals surface area contributed by atoms with E-state index < -0.39 is 5.63 Å². The Kier molecular flexibility index (Phi) is 5.13. The van der Waals surface area contributed by atoms with Crippen molar-refractivity contribution in [1.29, 1.82) is 0 Å². The standard InChI is InChI=1S/C14H20O4/c1-9(2)6-4-5-7-11(15)13-12(16)8-10(3)18-14(13)17/h8-9,16H,4-7H2,1-3H3. The van der Waals surface area contributed by atoms with Gasteiger partial charge in [-0.15, -0.1) is 0 Å². The summed E-state index contributed by atoms with van der Waals surface area (Å²) in [6.07, 6.45) is 3.00. The van der Waals surface area contributed by atoms with Crippen molar-refractivity contribution in [2.24, 2.45) is 5.92 Å². The first-order valence-corrected chi connectivity index (χ1v) is 6.28. The van der Waals surface area contributed by atoms with E-state index in [0.717, 1.165) is 19.3 Å². The van der Waals surface area contributed by atoms with E-state index in [9.17, 15) is 14.7 Å². The van der Waals surface area contributed by atoms with Gasteiger partial charge in [0, 0.05) is 12.5 Å². The summed E-state index contributed by atoms with van der Waals surface area (Å²) in [6, 6.07) is 1.29. The minimum atomic E-state index is -0.749. The van der Waals surface area contributed by atoms with E-state index in [4.69, 9.17) is 4.42 Å². The van der Waals surface area contributed by atoms with Crippen LogP contribution in [-0.2, 0) is 0 Å². The topological polar surface area (TPSA) is 67.5 Å². The minimum absolute atomic E-state index is 0.217. The summed E-state index contributed by atoms with van der Waals surface area (Å²) in [6.45, 7) is 5.81. The van der Waals surface area contributed by atoms with Gasteiger partial charge in [-0.25, -0.2) is 4.79 Å². The molecule has 0 unspecified atom stereocenters. The number of ketones is 1. The van der Waals surface area contributed by atoms with Crippen molar-refractivity contribution in [2.45, 2.75) is 46.5 Å². The fraction of sp³-hybridized carbons (Fsp3) is 0.571. The number of unbranched alkanes of at least 4 members (excludes halogenated alkanes) is 1. The fourth-order valence-corrected chi connectivity index (χ4v) is 1.82. The van der Waals surface area contributed by atoms with Gasteiger partial charge in [0.15, 0.2) is 5.78 Å². The molecular formula is C14H20O4. The first-order chi connectivity index (χ1) is 8.41. The Morgan fingerprint density at radius 2 is 2.06 bits per heavy atom. The molecule has 4 heteroatoms. The summed E-state index contributed by atoms with van der Waals surface area (Å²) in [4.78, 5) is 23.3. The van der Waals surface area contributed by atoms with Crippen LogP contribution in [0.1, 0.15) is 55.6 Å². The molecule has 0 aliphatic rings. The molecule has 1 heterocycles. The Labute approximate surface area is 107 Å². The van der Waals surface area contributed by atoms with Crippen molar-refractivity contribution >= 4 is 5.78 Å². The number of Topliss-reactive ketones (excluding diaryl/α,β-unsaturated/α-hetero) is 1. The lowest BCUT2D eigenvalue weighted by Crippen LogP contribution is -2.14. The van der Waals surface area contributed by atoms with Crippen molar-refractivity contribution in [3.63, 3.8) is 0 Å². The van der Waals surface area contributed by atoms with Gasteiger partial charge in [-0.3, -0.25) is 4.79 Å². The van der Waals surface area contributed by atoms with E-state index in [-0.39, 0.29) is 23.5 Å². The van der Waals surface area contributed by atoms with Crippen LogP contribution in [0.2, 0.25) is 0 Å². The van der Waals surface area contributed by atoms with Crippen LogP contribution in [0.5, 0.6) is 5.75 Å². The Balaban J connectivity index is 2.65. The lowest BCUT2D eigenvalue weighted by atomic mass is 10.0. The van der Waals surface area contributed by atoms with Gasteiger partial charge < -0.3 is 9.52 Å². The molecule has 18 heavy (non-hydrogen) atoms. The van der Waals surface area contributed by atoms with E-state index >= 15 is 0 Å². The van der Waals surface area contributed by atoms with Crippen molar-refractivity contribution < 1.29 is 14.3 Å². The normalized spacial score (nSPS) is 10.9. The van der Waals surface area contributed by atoms with Gasteiger partial charge in [-0.05, 0) is 19.3 Å². The minimum Gasteiger partial charge on any atom is -0.507 e. The highest BCUT2D eigenvalue weighted by atomic mass is 16.4. The van der Waals surface area contributed by atoms with Gasteiger partial charge in [-0.1, -0.05) is 26.7 Å². The summed E-state index contributed by atoms with van der Waals surface area (Å²) in [5, 5.41) is 9.61. The van der Waals surface area contributed by atoms with E-state index in [0.29, 0.717) is 11.7 Å². The Bertz CT molecular complexity index is 471. The molecule has 100 valence electrons. The molecule has 0 bridgehead atoms. The van der Waals surface area contributed by atoms with Crippen molar-refractivity contribution in [1.82, 2.24) is 0 Å². The second-order valence-corrected chi connectivity index (χ2v) is 4.97. The zero-order valence-electron chi connectivity index (χ0n) is 11.2. The van der Waals surface area contributed by atoms with Gasteiger partial charge in [0.2, 0.25) is 0 Å². The van der Waals surface area contributed by atoms with Crippen molar-refractivity contribution in [3.8, 4) is 5.75 Å². The number of aryl methyl sites for hydroxylation is 1. The quantitative estimate of drug-likeness (QED) is 0.624. The van der Waals surface area contributed by atoms with Crippen LogP contribution in [0.4, 0.5) is 0 Å². The lowest BCUT2D eigenvalue weighted by Gasteiger charge is -2.05. The molecule has 0 aliphatic heterocycles. The highest BCUT2D eigenvalue weighted by Crippen LogP contribution is 2.18. The Morgan fingerprint density at radius 3 is 2.61 bits per heavy atom. The molecule has 0 fully saturated rings. The van der Waals surface area contributed by atoms with Crippen LogP contribution < -0.4 is 5.63 Å². The van der Waals surface area contributed by atoms with E-state index in [1.165, 1.54) is 6.07 Å². The third kappa shape index (κ3) is 4.02. The smallest absolute Gasteiger partial charge is 0.350 e. The van der Waals surface area contributed by atoms with E-state index in [2.05, 4.69) is 13.8 Å². The molecule has 1 aromatic rings. The molecule has 0 aromatic carbocycles. The van der Waals surface area contributed by atoms with E-state index in [1.54, 1.807) is 6.92 Å². The third-order valence-electron chi connectivity index (χ3n) is 2.77. The van der Waals surface area contributed by atoms with Crippen LogP contribution in [0, 0.1) is 12.8 Å². The predicted molar refractivity (Wildman–Crippen MR) is 69.0 cm³/mol. The van der Waals surface area contributed by atoms with Gasteiger partial charge in [-0.2, -0.15) is 0 Å². The van der Waals surface area contributed by atoms with Crippen molar-refractivity contribution in [2.75, 3.05) is 0 Å². The fourth-order valence-electron chi connectivity index (χ4n) is 1.82. The number of hydrogen-bond acceptors (Lipinski definition) is 4. The molecular weight excluding hydrogens is 232 g/mol. The molecule has 0 amide bonds. The van der Waals surface area contributed by atoms with Gasteiger partial charge in [0.05, 0.1) is 0 Å². The molecule has 4 nitrogen and oxygen atoms in total. The first kappa shape index (κ1) is 14.5. The maximum Gasteiger partial charge on any atom is 0.350 e. The van der Waals surface area contributed by atoms with Crippen LogP contribution in [0.25, 0.3) is 0 Å². The maximum absolute atomic E-state index is 11.8. The molecule has 0 atom stereocenters. The summed E-state index contributed by atoms with van der Waals surface area (Å²) >= 11 is 0. The number of carbonyl (C=O) groups is 1. The summed E-state index contributed by atoms with van der Waals surface area (Å²) < 4.78 is 4.82. The van der Waals surface area contributed by atoms with Gasteiger partial charge >= 0.3 is 5.63 Å². The van der Waals surface area contributed by atoms with Gasteiger partial charge in [0.25, 0.3) is 0 Å². The molecule has 0 aliphatic carbocycles. The predicted octanol–water partition coefficient (Wildman–Crippen LogP) is 3.05.